The van der Waals surface area contributed by atoms with Crippen molar-refractivity contribution in [1.82, 2.24) is 15.5 Å². The van der Waals surface area contributed by atoms with Gasteiger partial charge in [-0.15, -0.1) is 0 Å². The van der Waals surface area contributed by atoms with Gasteiger partial charge in [-0.1, -0.05) is 6.92 Å². The van der Waals surface area contributed by atoms with E-state index in [1.807, 2.05) is 12.1 Å². The van der Waals surface area contributed by atoms with Gasteiger partial charge in [-0.05, 0) is 38.8 Å². The molecule has 28 heavy (non-hydrogen) atoms. The highest BCUT2D eigenvalue weighted by Crippen LogP contribution is 2.34. The molecule has 1 heterocycles. The number of ether oxygens (including phenoxy) is 3. The van der Waals surface area contributed by atoms with Crippen molar-refractivity contribution in [3.05, 3.63) is 17.7 Å². The fraction of sp³-hybridized carbons (Fsp3) is 0.667. The maximum absolute atomic E-state index is 5.51. The maximum Gasteiger partial charge on any atom is 0.191 e. The standard InChI is InChI=1S/C21H36N4O3/c1-6-10-25-11-8-17(9-12-25)24-21(22-7-2)23-15-16-13-19(27-4)20(28-5)14-18(16)26-3/h13-14,17H,6-12,15H2,1-5H3,(H2,22,23,24). The molecule has 0 atom stereocenters. The molecule has 1 aliphatic heterocycles. The van der Waals surface area contributed by atoms with Crippen LogP contribution in [0.15, 0.2) is 17.1 Å². The number of aliphatic imine (C=N–C) groups is 1. The van der Waals surface area contributed by atoms with Gasteiger partial charge in [-0.2, -0.15) is 0 Å². The van der Waals surface area contributed by atoms with Crippen molar-refractivity contribution in [3.63, 3.8) is 0 Å². The van der Waals surface area contributed by atoms with Crippen LogP contribution in [0.2, 0.25) is 0 Å². The second-order valence-electron chi connectivity index (χ2n) is 6.97. The van der Waals surface area contributed by atoms with Crippen molar-refractivity contribution in [2.45, 2.75) is 45.7 Å². The van der Waals surface area contributed by atoms with Crippen LogP contribution in [0.1, 0.15) is 38.7 Å². The van der Waals surface area contributed by atoms with Crippen LogP contribution in [0.3, 0.4) is 0 Å². The molecule has 1 saturated heterocycles. The Labute approximate surface area is 169 Å². The van der Waals surface area contributed by atoms with Crippen LogP contribution in [0.4, 0.5) is 0 Å². The van der Waals surface area contributed by atoms with Gasteiger partial charge in [0, 0.05) is 37.3 Å². The van der Waals surface area contributed by atoms with Gasteiger partial charge in [0.2, 0.25) is 0 Å². The van der Waals surface area contributed by atoms with Gasteiger partial charge in [0.05, 0.1) is 27.9 Å². The first kappa shape index (κ1) is 22.1. The molecule has 0 radical (unpaired) electrons. The minimum atomic E-state index is 0.457. The van der Waals surface area contributed by atoms with E-state index in [4.69, 9.17) is 19.2 Å². The second kappa shape index (κ2) is 11.6. The Morgan fingerprint density at radius 2 is 1.68 bits per heavy atom. The molecule has 7 heteroatoms. The molecule has 0 amide bonds. The molecule has 1 fully saturated rings. The number of guanidine groups is 1. The highest BCUT2D eigenvalue weighted by molar-refractivity contribution is 5.80. The number of piperidine rings is 1. The lowest BCUT2D eigenvalue weighted by atomic mass is 10.1. The molecule has 0 aromatic heterocycles. The number of hydrogen-bond donors (Lipinski definition) is 2. The average molecular weight is 393 g/mol. The first-order valence-electron chi connectivity index (χ1n) is 10.2. The average Bonchev–Trinajstić information content (AvgIpc) is 2.73. The number of methoxy groups -OCH3 is 3. The number of nitrogens with zero attached hydrogens (tertiary/aromatic N) is 2. The van der Waals surface area contributed by atoms with Gasteiger partial charge in [0.1, 0.15) is 5.75 Å². The Morgan fingerprint density at radius 1 is 1.04 bits per heavy atom. The van der Waals surface area contributed by atoms with Crippen LogP contribution in [0.5, 0.6) is 17.2 Å². The van der Waals surface area contributed by atoms with Gasteiger partial charge in [-0.25, -0.2) is 4.99 Å². The largest absolute Gasteiger partial charge is 0.496 e. The summed E-state index contributed by atoms with van der Waals surface area (Å²) in [4.78, 5) is 7.32. The first-order chi connectivity index (χ1) is 13.6. The van der Waals surface area contributed by atoms with E-state index < -0.39 is 0 Å². The van der Waals surface area contributed by atoms with Gasteiger partial charge >= 0.3 is 0 Å². The van der Waals surface area contributed by atoms with Crippen molar-refractivity contribution >= 4 is 5.96 Å². The summed E-state index contributed by atoms with van der Waals surface area (Å²) < 4.78 is 16.3. The van der Waals surface area contributed by atoms with Crippen molar-refractivity contribution < 1.29 is 14.2 Å². The molecule has 1 aliphatic rings. The summed E-state index contributed by atoms with van der Waals surface area (Å²) in [6, 6.07) is 4.22. The fourth-order valence-electron chi connectivity index (χ4n) is 3.51. The zero-order valence-corrected chi connectivity index (χ0v) is 18.0. The summed E-state index contributed by atoms with van der Waals surface area (Å²) in [5.74, 6) is 2.91. The smallest absolute Gasteiger partial charge is 0.191 e. The number of likely N-dealkylation sites (tertiary alicyclic amines) is 1. The molecule has 158 valence electrons. The summed E-state index contributed by atoms with van der Waals surface area (Å²) in [6.07, 6.45) is 3.50. The van der Waals surface area contributed by atoms with E-state index in [1.165, 1.54) is 13.0 Å². The zero-order valence-electron chi connectivity index (χ0n) is 18.0. The van der Waals surface area contributed by atoms with E-state index >= 15 is 0 Å². The highest BCUT2D eigenvalue weighted by atomic mass is 16.5. The number of nitrogens with one attached hydrogen (secondary N) is 2. The van der Waals surface area contributed by atoms with Crippen molar-refractivity contribution in [1.29, 1.82) is 0 Å². The fourth-order valence-corrected chi connectivity index (χ4v) is 3.51. The maximum atomic E-state index is 5.51. The van der Waals surface area contributed by atoms with E-state index in [9.17, 15) is 0 Å². The van der Waals surface area contributed by atoms with Gasteiger partial charge in [0.25, 0.3) is 0 Å². The molecule has 2 N–H and O–H groups in total. The SMILES string of the molecule is CCCN1CCC(NC(=NCc2cc(OC)c(OC)cc2OC)NCC)CC1. The topological polar surface area (TPSA) is 67.4 Å². The normalized spacial score (nSPS) is 16.0. The van der Waals surface area contributed by atoms with Crippen molar-refractivity contribution in [2.24, 2.45) is 4.99 Å². The van der Waals surface area contributed by atoms with E-state index in [-0.39, 0.29) is 0 Å². The van der Waals surface area contributed by atoms with Crippen LogP contribution < -0.4 is 24.8 Å². The molecule has 0 saturated carbocycles. The lowest BCUT2D eigenvalue weighted by Crippen LogP contribution is -2.48. The van der Waals surface area contributed by atoms with E-state index in [2.05, 4.69) is 29.4 Å². The molecule has 0 aliphatic carbocycles. The molecular weight excluding hydrogens is 356 g/mol. The molecule has 0 unspecified atom stereocenters. The molecule has 0 bridgehead atoms. The highest BCUT2D eigenvalue weighted by Gasteiger charge is 2.19. The lowest BCUT2D eigenvalue weighted by Gasteiger charge is -2.32. The molecule has 1 aromatic carbocycles. The van der Waals surface area contributed by atoms with Crippen LogP contribution in [0, 0.1) is 0 Å². The van der Waals surface area contributed by atoms with Crippen LogP contribution in [-0.2, 0) is 6.54 Å². The van der Waals surface area contributed by atoms with Crippen LogP contribution >= 0.6 is 0 Å². The van der Waals surface area contributed by atoms with Crippen LogP contribution in [0.25, 0.3) is 0 Å². The zero-order chi connectivity index (χ0) is 20.4. The second-order valence-corrected chi connectivity index (χ2v) is 6.97. The number of rotatable bonds is 9. The quantitative estimate of drug-likeness (QED) is 0.497. The summed E-state index contributed by atoms with van der Waals surface area (Å²) in [6.45, 7) is 9.13. The predicted octanol–water partition coefficient (Wildman–Crippen LogP) is 2.64. The predicted molar refractivity (Wildman–Crippen MR) is 114 cm³/mol. The number of benzene rings is 1. The summed E-state index contributed by atoms with van der Waals surface area (Å²) in [5.41, 5.74) is 0.954. The monoisotopic (exact) mass is 392 g/mol. The molecule has 1 aromatic rings. The van der Waals surface area contributed by atoms with Crippen molar-refractivity contribution in [2.75, 3.05) is 47.5 Å². The van der Waals surface area contributed by atoms with E-state index in [0.717, 1.165) is 49.7 Å². The van der Waals surface area contributed by atoms with E-state index in [0.29, 0.717) is 24.1 Å². The van der Waals surface area contributed by atoms with E-state index in [1.54, 1.807) is 21.3 Å². The third kappa shape index (κ3) is 6.19. The molecular formula is C21H36N4O3. The first-order valence-corrected chi connectivity index (χ1v) is 10.2. The molecule has 2 rings (SSSR count). The summed E-state index contributed by atoms with van der Waals surface area (Å²) >= 11 is 0. The third-order valence-electron chi connectivity index (χ3n) is 5.01. The van der Waals surface area contributed by atoms with Gasteiger partial charge in [-0.3, -0.25) is 0 Å². The Bertz CT molecular complexity index is 628. The van der Waals surface area contributed by atoms with Gasteiger partial charge < -0.3 is 29.7 Å². The minimum absolute atomic E-state index is 0.457. The molecule has 0 spiro atoms. The summed E-state index contributed by atoms with van der Waals surface area (Å²) in [5, 5.41) is 6.95. The summed E-state index contributed by atoms with van der Waals surface area (Å²) in [7, 11) is 4.91. The Morgan fingerprint density at radius 3 is 2.25 bits per heavy atom. The third-order valence-corrected chi connectivity index (χ3v) is 5.01. The minimum Gasteiger partial charge on any atom is -0.496 e. The Balaban J connectivity index is 2.06. The lowest BCUT2D eigenvalue weighted by molar-refractivity contribution is 0.206. The van der Waals surface area contributed by atoms with Crippen molar-refractivity contribution in [3.8, 4) is 17.2 Å². The number of hydrogen-bond acceptors (Lipinski definition) is 5. The Hall–Kier alpha value is -2.15. The molecule has 7 nitrogen and oxygen atoms in total. The van der Waals surface area contributed by atoms with Crippen LogP contribution in [-0.4, -0.2) is 64.4 Å². The Kier molecular flexibility index (Phi) is 9.20. The van der Waals surface area contributed by atoms with Gasteiger partial charge in [0.15, 0.2) is 17.5 Å².